The van der Waals surface area contributed by atoms with Crippen LogP contribution in [0.5, 0.6) is 0 Å². The molecule has 0 bridgehead atoms. The molecule has 158 valence electrons. The zero-order valence-corrected chi connectivity index (χ0v) is 18.7. The summed E-state index contributed by atoms with van der Waals surface area (Å²) in [5.74, 6) is 1.39. The van der Waals surface area contributed by atoms with Gasteiger partial charge in [0.15, 0.2) is 5.82 Å². The minimum absolute atomic E-state index is 0.538. The molecule has 0 saturated heterocycles. The van der Waals surface area contributed by atoms with Crippen molar-refractivity contribution < 1.29 is 0 Å². The second-order valence-electron chi connectivity index (χ2n) is 8.24. The molecule has 0 aliphatic heterocycles. The van der Waals surface area contributed by atoms with Gasteiger partial charge in [-0.3, -0.25) is 0 Å². The summed E-state index contributed by atoms with van der Waals surface area (Å²) in [5, 5.41) is 3.60. The van der Waals surface area contributed by atoms with E-state index in [0.717, 1.165) is 48.9 Å². The standard InChI is InChI=1S/C26H34N4/c1-5-23-20(4)29-26(24(27)25(23)28-16-19(2)3)30(17-21-12-8-6-9-13-21)18-22-14-10-7-11-15-22/h6-15,19H,5,16-18,27H2,1-4H3,(H,28,29). The first-order chi connectivity index (χ1) is 14.5. The average molecular weight is 403 g/mol. The monoisotopic (exact) mass is 402 g/mol. The van der Waals surface area contributed by atoms with Crippen molar-refractivity contribution in [2.45, 2.75) is 47.2 Å². The molecule has 1 heterocycles. The number of anilines is 3. The number of aryl methyl sites for hydroxylation is 1. The van der Waals surface area contributed by atoms with Crippen LogP contribution in [0.1, 0.15) is 43.2 Å². The summed E-state index contributed by atoms with van der Waals surface area (Å²) in [5.41, 5.74) is 13.3. The minimum atomic E-state index is 0.538. The van der Waals surface area contributed by atoms with Gasteiger partial charge in [0.05, 0.1) is 11.4 Å². The molecule has 0 saturated carbocycles. The molecule has 4 heteroatoms. The molecule has 0 spiro atoms. The van der Waals surface area contributed by atoms with Crippen LogP contribution in [0, 0.1) is 12.8 Å². The van der Waals surface area contributed by atoms with Gasteiger partial charge in [-0.15, -0.1) is 0 Å². The number of rotatable bonds is 9. The summed E-state index contributed by atoms with van der Waals surface area (Å²) in [4.78, 5) is 7.27. The fraction of sp³-hybridized carbons (Fsp3) is 0.346. The van der Waals surface area contributed by atoms with Crippen LogP contribution in [0.25, 0.3) is 0 Å². The van der Waals surface area contributed by atoms with Crippen LogP contribution >= 0.6 is 0 Å². The van der Waals surface area contributed by atoms with Gasteiger partial charge in [0.25, 0.3) is 0 Å². The van der Waals surface area contributed by atoms with Crippen molar-refractivity contribution in [3.63, 3.8) is 0 Å². The number of aromatic nitrogens is 1. The maximum Gasteiger partial charge on any atom is 0.154 e. The summed E-state index contributed by atoms with van der Waals surface area (Å²) >= 11 is 0. The maximum atomic E-state index is 6.76. The van der Waals surface area contributed by atoms with Gasteiger partial charge in [-0.2, -0.15) is 0 Å². The lowest BCUT2D eigenvalue weighted by Gasteiger charge is -2.28. The molecule has 0 radical (unpaired) electrons. The summed E-state index contributed by atoms with van der Waals surface area (Å²) in [7, 11) is 0. The second kappa shape index (κ2) is 10.1. The van der Waals surface area contributed by atoms with Gasteiger partial charge < -0.3 is 16.0 Å². The van der Waals surface area contributed by atoms with Crippen LogP contribution in [0.2, 0.25) is 0 Å². The fourth-order valence-corrected chi connectivity index (χ4v) is 3.74. The van der Waals surface area contributed by atoms with E-state index in [-0.39, 0.29) is 0 Å². The van der Waals surface area contributed by atoms with Crippen molar-refractivity contribution in [3.8, 4) is 0 Å². The molecule has 3 aromatic rings. The van der Waals surface area contributed by atoms with E-state index in [1.165, 1.54) is 16.7 Å². The molecule has 3 N–H and O–H groups in total. The quantitative estimate of drug-likeness (QED) is 0.474. The average Bonchev–Trinajstić information content (AvgIpc) is 2.75. The second-order valence-corrected chi connectivity index (χ2v) is 8.24. The summed E-state index contributed by atoms with van der Waals surface area (Å²) in [6, 6.07) is 21.0. The number of nitrogen functional groups attached to an aromatic ring is 1. The van der Waals surface area contributed by atoms with Gasteiger partial charge >= 0.3 is 0 Å². The van der Waals surface area contributed by atoms with Crippen LogP contribution in [0.3, 0.4) is 0 Å². The van der Waals surface area contributed by atoms with Crippen molar-refractivity contribution in [3.05, 3.63) is 83.0 Å². The van der Waals surface area contributed by atoms with E-state index >= 15 is 0 Å². The van der Waals surface area contributed by atoms with Crippen LogP contribution in [0.4, 0.5) is 17.2 Å². The Bertz CT molecular complexity index is 895. The Hall–Kier alpha value is -3.01. The third-order valence-corrected chi connectivity index (χ3v) is 5.30. The highest BCUT2D eigenvalue weighted by Gasteiger charge is 2.20. The minimum Gasteiger partial charge on any atom is -0.394 e. The molecule has 0 unspecified atom stereocenters. The summed E-state index contributed by atoms with van der Waals surface area (Å²) < 4.78 is 0. The van der Waals surface area contributed by atoms with E-state index in [1.807, 2.05) is 12.1 Å². The topological polar surface area (TPSA) is 54.2 Å². The third kappa shape index (κ3) is 5.32. The number of pyridine rings is 1. The van der Waals surface area contributed by atoms with Gasteiger partial charge in [-0.05, 0) is 36.0 Å². The van der Waals surface area contributed by atoms with Crippen molar-refractivity contribution >= 4 is 17.2 Å². The Labute approximate surface area is 181 Å². The van der Waals surface area contributed by atoms with Crippen molar-refractivity contribution in [1.82, 2.24) is 4.98 Å². The molecule has 0 aliphatic rings. The molecule has 4 nitrogen and oxygen atoms in total. The van der Waals surface area contributed by atoms with E-state index < -0.39 is 0 Å². The molecule has 0 amide bonds. The van der Waals surface area contributed by atoms with E-state index in [4.69, 9.17) is 10.7 Å². The van der Waals surface area contributed by atoms with E-state index in [1.54, 1.807) is 0 Å². The summed E-state index contributed by atoms with van der Waals surface area (Å²) in [6.45, 7) is 11.1. The molecule has 0 aliphatic carbocycles. The Morgan fingerprint density at radius 2 is 1.47 bits per heavy atom. The number of nitrogens with zero attached hydrogens (tertiary/aromatic N) is 2. The van der Waals surface area contributed by atoms with Gasteiger partial charge in [0.1, 0.15) is 0 Å². The molecule has 3 rings (SSSR count). The van der Waals surface area contributed by atoms with E-state index in [2.05, 4.69) is 86.4 Å². The highest BCUT2D eigenvalue weighted by molar-refractivity contribution is 5.81. The van der Waals surface area contributed by atoms with E-state index in [0.29, 0.717) is 5.92 Å². The Morgan fingerprint density at radius 3 is 1.93 bits per heavy atom. The normalized spacial score (nSPS) is 11.0. The molecule has 2 aromatic carbocycles. The molecule has 0 fully saturated rings. The van der Waals surface area contributed by atoms with Crippen LogP contribution < -0.4 is 16.0 Å². The van der Waals surface area contributed by atoms with Crippen LogP contribution in [-0.4, -0.2) is 11.5 Å². The van der Waals surface area contributed by atoms with E-state index in [9.17, 15) is 0 Å². The Kier molecular flexibility index (Phi) is 7.34. The molecule has 30 heavy (non-hydrogen) atoms. The highest BCUT2D eigenvalue weighted by Crippen LogP contribution is 2.35. The molecule has 0 atom stereocenters. The molecule has 1 aromatic heterocycles. The zero-order valence-electron chi connectivity index (χ0n) is 18.7. The van der Waals surface area contributed by atoms with Gasteiger partial charge in [-0.25, -0.2) is 4.98 Å². The summed E-state index contributed by atoms with van der Waals surface area (Å²) in [6.07, 6.45) is 0.904. The highest BCUT2D eigenvalue weighted by atomic mass is 15.2. The van der Waals surface area contributed by atoms with Crippen molar-refractivity contribution in [2.24, 2.45) is 5.92 Å². The fourth-order valence-electron chi connectivity index (χ4n) is 3.74. The van der Waals surface area contributed by atoms with Crippen LogP contribution in [0.15, 0.2) is 60.7 Å². The predicted octanol–water partition coefficient (Wildman–Crippen LogP) is 5.81. The number of hydrogen-bond acceptors (Lipinski definition) is 4. The SMILES string of the molecule is CCc1c(C)nc(N(Cc2ccccc2)Cc2ccccc2)c(N)c1NCC(C)C. The number of hydrogen-bond donors (Lipinski definition) is 2. The first-order valence-corrected chi connectivity index (χ1v) is 10.8. The Morgan fingerprint density at radius 1 is 0.933 bits per heavy atom. The van der Waals surface area contributed by atoms with Gasteiger partial charge in [-0.1, -0.05) is 81.4 Å². The largest absolute Gasteiger partial charge is 0.394 e. The predicted molar refractivity (Wildman–Crippen MR) is 129 cm³/mol. The Balaban J connectivity index is 2.04. The van der Waals surface area contributed by atoms with Crippen molar-refractivity contribution in [2.75, 3.05) is 22.5 Å². The van der Waals surface area contributed by atoms with Gasteiger partial charge in [0, 0.05) is 25.3 Å². The number of nitrogens with one attached hydrogen (secondary N) is 1. The number of benzene rings is 2. The lowest BCUT2D eigenvalue weighted by molar-refractivity contribution is 0.688. The maximum absolute atomic E-state index is 6.76. The first kappa shape index (κ1) is 21.7. The number of nitrogens with two attached hydrogens (primary N) is 1. The lowest BCUT2D eigenvalue weighted by atomic mass is 10.1. The molecular weight excluding hydrogens is 368 g/mol. The first-order valence-electron chi connectivity index (χ1n) is 10.8. The third-order valence-electron chi connectivity index (χ3n) is 5.30. The zero-order chi connectivity index (χ0) is 21.5. The lowest BCUT2D eigenvalue weighted by Crippen LogP contribution is -2.26. The molecular formula is C26H34N4. The van der Waals surface area contributed by atoms with Crippen LogP contribution in [-0.2, 0) is 19.5 Å². The van der Waals surface area contributed by atoms with Crippen molar-refractivity contribution in [1.29, 1.82) is 0 Å². The smallest absolute Gasteiger partial charge is 0.154 e. The van der Waals surface area contributed by atoms with Gasteiger partial charge in [0.2, 0.25) is 0 Å².